The Morgan fingerprint density at radius 3 is 3.00 bits per heavy atom. The first-order valence-electron chi connectivity index (χ1n) is 6.49. The van der Waals surface area contributed by atoms with Gasteiger partial charge in [-0.15, -0.1) is 4.40 Å². The lowest BCUT2D eigenvalue weighted by Gasteiger charge is -2.28. The minimum Gasteiger partial charge on any atom is -0.474 e. The molecule has 2 unspecified atom stereocenters. The molecule has 6 nitrogen and oxygen atoms in total. The zero-order chi connectivity index (χ0) is 14.2. The van der Waals surface area contributed by atoms with Gasteiger partial charge in [-0.1, -0.05) is 12.1 Å². The van der Waals surface area contributed by atoms with Crippen LogP contribution >= 0.6 is 0 Å². The summed E-state index contributed by atoms with van der Waals surface area (Å²) < 4.78 is 38.6. The Labute approximate surface area is 117 Å². The van der Waals surface area contributed by atoms with Crippen LogP contribution in [0.25, 0.3) is 0 Å². The van der Waals surface area contributed by atoms with Crippen LogP contribution in [0.15, 0.2) is 33.6 Å². The van der Waals surface area contributed by atoms with Gasteiger partial charge in [-0.2, -0.15) is 8.42 Å². The van der Waals surface area contributed by atoms with Gasteiger partial charge in [0.25, 0.3) is 10.0 Å². The van der Waals surface area contributed by atoms with Crippen LogP contribution in [0.1, 0.15) is 12.5 Å². The lowest BCUT2D eigenvalue weighted by molar-refractivity contribution is -0.0489. The van der Waals surface area contributed by atoms with E-state index in [0.29, 0.717) is 12.1 Å². The van der Waals surface area contributed by atoms with Crippen LogP contribution in [0.2, 0.25) is 0 Å². The fourth-order valence-corrected chi connectivity index (χ4v) is 3.47. The lowest BCUT2D eigenvalue weighted by Crippen LogP contribution is -2.45. The van der Waals surface area contributed by atoms with E-state index in [4.69, 9.17) is 9.47 Å². The van der Waals surface area contributed by atoms with Gasteiger partial charge < -0.3 is 14.8 Å². The second kappa shape index (κ2) is 5.16. The normalized spacial score (nSPS) is 27.8. The van der Waals surface area contributed by atoms with E-state index in [2.05, 4.69) is 9.71 Å². The van der Waals surface area contributed by atoms with E-state index in [0.717, 1.165) is 6.54 Å². The van der Waals surface area contributed by atoms with Crippen molar-refractivity contribution >= 4 is 15.9 Å². The van der Waals surface area contributed by atoms with Gasteiger partial charge in [0, 0.05) is 13.1 Å². The highest BCUT2D eigenvalue weighted by atomic mass is 32.2. The molecule has 1 aromatic carbocycles. The van der Waals surface area contributed by atoms with Gasteiger partial charge in [0.15, 0.2) is 0 Å². The molecule has 0 aliphatic carbocycles. The maximum Gasteiger partial charge on any atom is 0.286 e. The SMILES string of the molecule is CC1CNCC(COC2=NS(=O)(=O)c3ccccc32)O1. The highest BCUT2D eigenvalue weighted by Gasteiger charge is 2.30. The smallest absolute Gasteiger partial charge is 0.286 e. The van der Waals surface area contributed by atoms with Crippen LogP contribution in [0.4, 0.5) is 0 Å². The average molecular weight is 296 g/mol. The summed E-state index contributed by atoms with van der Waals surface area (Å²) in [7, 11) is -3.61. The van der Waals surface area contributed by atoms with Crippen molar-refractivity contribution in [3.8, 4) is 0 Å². The van der Waals surface area contributed by atoms with Crippen molar-refractivity contribution in [2.24, 2.45) is 4.40 Å². The van der Waals surface area contributed by atoms with E-state index in [1.54, 1.807) is 18.2 Å². The van der Waals surface area contributed by atoms with Crippen molar-refractivity contribution in [1.29, 1.82) is 0 Å². The summed E-state index contributed by atoms with van der Waals surface area (Å²) in [5.74, 6) is 0.155. The molecule has 2 aliphatic rings. The summed E-state index contributed by atoms with van der Waals surface area (Å²) in [4.78, 5) is 0.200. The van der Waals surface area contributed by atoms with Crippen molar-refractivity contribution in [3.05, 3.63) is 29.8 Å². The monoisotopic (exact) mass is 296 g/mol. The molecule has 2 aliphatic heterocycles. The molecular weight excluding hydrogens is 280 g/mol. The summed E-state index contributed by atoms with van der Waals surface area (Å²) in [6.07, 6.45) is 0.0239. The molecule has 7 heteroatoms. The number of hydrogen-bond acceptors (Lipinski definition) is 5. The molecule has 0 spiro atoms. The standard InChI is InChI=1S/C13H16N2O4S/c1-9-6-14-7-10(19-9)8-18-13-11-4-2-3-5-12(11)20(16,17)15-13/h2-5,9-10,14H,6-8H2,1H3. The van der Waals surface area contributed by atoms with E-state index in [1.165, 1.54) is 6.07 Å². The predicted octanol–water partition coefficient (Wildman–Crippen LogP) is 0.529. The number of benzene rings is 1. The third-order valence-electron chi connectivity index (χ3n) is 3.23. The Hall–Kier alpha value is -1.44. The number of hydrogen-bond donors (Lipinski definition) is 1. The molecule has 0 radical (unpaired) electrons. The van der Waals surface area contributed by atoms with Crippen LogP contribution in [-0.4, -0.2) is 46.2 Å². The minimum absolute atomic E-state index is 0.100. The second-order valence-electron chi connectivity index (χ2n) is 4.91. The number of fused-ring (bicyclic) bond motifs is 1. The van der Waals surface area contributed by atoms with Gasteiger partial charge in [-0.3, -0.25) is 0 Å². The van der Waals surface area contributed by atoms with Gasteiger partial charge in [-0.25, -0.2) is 0 Å². The average Bonchev–Trinajstić information content (AvgIpc) is 2.69. The van der Waals surface area contributed by atoms with Crippen LogP contribution in [0, 0.1) is 0 Å². The third kappa shape index (κ3) is 2.56. The molecular formula is C13H16N2O4S. The highest BCUT2D eigenvalue weighted by Crippen LogP contribution is 2.26. The Morgan fingerprint density at radius 1 is 1.40 bits per heavy atom. The molecule has 108 valence electrons. The summed E-state index contributed by atoms with van der Waals surface area (Å²) in [5, 5.41) is 3.23. The first kappa shape index (κ1) is 13.5. The van der Waals surface area contributed by atoms with Crippen molar-refractivity contribution in [1.82, 2.24) is 5.32 Å². The number of nitrogens with zero attached hydrogens (tertiary/aromatic N) is 1. The van der Waals surface area contributed by atoms with E-state index >= 15 is 0 Å². The number of rotatable bonds is 2. The van der Waals surface area contributed by atoms with Crippen LogP contribution < -0.4 is 5.32 Å². The number of ether oxygens (including phenoxy) is 2. The van der Waals surface area contributed by atoms with Crippen LogP contribution in [-0.2, 0) is 19.5 Å². The Bertz CT molecular complexity index is 642. The molecule has 2 heterocycles. The van der Waals surface area contributed by atoms with Crippen LogP contribution in [0.3, 0.4) is 0 Å². The van der Waals surface area contributed by atoms with E-state index in [1.807, 2.05) is 6.92 Å². The first-order valence-corrected chi connectivity index (χ1v) is 7.93. The highest BCUT2D eigenvalue weighted by molar-refractivity contribution is 7.90. The third-order valence-corrected chi connectivity index (χ3v) is 4.55. The summed E-state index contributed by atoms with van der Waals surface area (Å²) in [5.41, 5.74) is 0.518. The quantitative estimate of drug-likeness (QED) is 0.861. The summed E-state index contributed by atoms with van der Waals surface area (Å²) >= 11 is 0. The van der Waals surface area contributed by atoms with Gasteiger partial charge >= 0.3 is 0 Å². The second-order valence-corrected chi connectivity index (χ2v) is 6.48. The van der Waals surface area contributed by atoms with Gasteiger partial charge in [0.05, 0.1) is 11.7 Å². The topological polar surface area (TPSA) is 77.0 Å². The lowest BCUT2D eigenvalue weighted by atomic mass is 10.2. The fourth-order valence-electron chi connectivity index (χ4n) is 2.32. The van der Waals surface area contributed by atoms with Crippen molar-refractivity contribution < 1.29 is 17.9 Å². The van der Waals surface area contributed by atoms with Crippen LogP contribution in [0.5, 0.6) is 0 Å². The zero-order valence-corrected chi connectivity index (χ0v) is 11.9. The minimum atomic E-state index is -3.61. The molecule has 2 atom stereocenters. The largest absolute Gasteiger partial charge is 0.474 e. The molecule has 1 N–H and O–H groups in total. The Kier molecular flexibility index (Phi) is 3.49. The van der Waals surface area contributed by atoms with E-state index in [-0.39, 0.29) is 29.6 Å². The van der Waals surface area contributed by atoms with E-state index < -0.39 is 10.0 Å². The number of morpholine rings is 1. The molecule has 0 bridgehead atoms. The van der Waals surface area contributed by atoms with Crippen molar-refractivity contribution in [2.45, 2.75) is 24.0 Å². The maximum absolute atomic E-state index is 11.9. The van der Waals surface area contributed by atoms with Crippen molar-refractivity contribution in [3.63, 3.8) is 0 Å². The molecule has 1 aromatic rings. The number of nitrogens with one attached hydrogen (secondary N) is 1. The predicted molar refractivity (Wildman–Crippen MR) is 73.3 cm³/mol. The zero-order valence-electron chi connectivity index (χ0n) is 11.1. The molecule has 20 heavy (non-hydrogen) atoms. The maximum atomic E-state index is 11.9. The molecule has 0 aromatic heterocycles. The molecule has 1 fully saturated rings. The van der Waals surface area contributed by atoms with Crippen molar-refractivity contribution in [2.75, 3.05) is 19.7 Å². The summed E-state index contributed by atoms with van der Waals surface area (Å²) in [6, 6.07) is 6.66. The van der Waals surface area contributed by atoms with E-state index in [9.17, 15) is 8.42 Å². The molecule has 1 saturated heterocycles. The first-order chi connectivity index (χ1) is 9.56. The van der Waals surface area contributed by atoms with Gasteiger partial charge in [-0.05, 0) is 19.1 Å². The fraction of sp³-hybridized carbons (Fsp3) is 0.462. The van der Waals surface area contributed by atoms with Gasteiger partial charge in [0.2, 0.25) is 5.90 Å². The molecule has 0 amide bonds. The van der Waals surface area contributed by atoms with Gasteiger partial charge in [0.1, 0.15) is 17.6 Å². The molecule has 3 rings (SSSR count). The Morgan fingerprint density at radius 2 is 2.20 bits per heavy atom. The molecule has 0 saturated carbocycles. The number of sulfonamides is 1. The Balaban J connectivity index is 1.73. The summed E-state index contributed by atoms with van der Waals surface area (Å²) in [6.45, 7) is 3.76.